The van der Waals surface area contributed by atoms with Gasteiger partial charge in [0.25, 0.3) is 0 Å². The minimum absolute atomic E-state index is 0.237. The van der Waals surface area contributed by atoms with Gasteiger partial charge in [0, 0.05) is 17.7 Å². The van der Waals surface area contributed by atoms with E-state index in [0.717, 1.165) is 36.3 Å². The van der Waals surface area contributed by atoms with Crippen molar-refractivity contribution in [3.8, 4) is 17.6 Å². The van der Waals surface area contributed by atoms with Gasteiger partial charge in [-0.2, -0.15) is 0 Å². The summed E-state index contributed by atoms with van der Waals surface area (Å²) in [5.74, 6) is 6.68. The van der Waals surface area contributed by atoms with E-state index in [4.69, 9.17) is 19.9 Å². The Balaban J connectivity index is 1.96. The van der Waals surface area contributed by atoms with Crippen LogP contribution >= 0.6 is 0 Å². The van der Waals surface area contributed by atoms with Crippen molar-refractivity contribution in [2.75, 3.05) is 26.9 Å². The molecule has 0 spiro atoms. The highest BCUT2D eigenvalue weighted by molar-refractivity contribution is 5.44. The SMILES string of the molecule is COc1ccc(C#CCN)cc1COCC1CCCO1. The summed E-state index contributed by atoms with van der Waals surface area (Å²) in [6, 6.07) is 5.81. The molecule has 1 aliphatic rings. The molecular weight excluding hydrogens is 254 g/mol. The van der Waals surface area contributed by atoms with Crippen LogP contribution in [0.15, 0.2) is 18.2 Å². The van der Waals surface area contributed by atoms with E-state index in [9.17, 15) is 0 Å². The molecule has 1 atom stereocenters. The third-order valence-electron chi connectivity index (χ3n) is 3.20. The standard InChI is InChI=1S/C16H21NO3/c1-18-16-7-6-13(4-2-8-17)10-14(16)11-19-12-15-5-3-9-20-15/h6-7,10,15H,3,5,8-9,11-12,17H2,1H3. The molecule has 1 unspecified atom stereocenters. The maximum Gasteiger partial charge on any atom is 0.124 e. The number of hydrogen-bond donors (Lipinski definition) is 1. The average molecular weight is 275 g/mol. The van der Waals surface area contributed by atoms with Gasteiger partial charge in [0.2, 0.25) is 0 Å². The molecule has 1 fully saturated rings. The number of nitrogens with two attached hydrogens (primary N) is 1. The van der Waals surface area contributed by atoms with Crippen LogP contribution in [0.3, 0.4) is 0 Å². The Hall–Kier alpha value is -1.54. The van der Waals surface area contributed by atoms with Crippen molar-refractivity contribution in [2.45, 2.75) is 25.6 Å². The molecule has 4 heteroatoms. The topological polar surface area (TPSA) is 53.7 Å². The quantitative estimate of drug-likeness (QED) is 0.831. The van der Waals surface area contributed by atoms with Gasteiger partial charge in [0.15, 0.2) is 0 Å². The minimum atomic E-state index is 0.237. The second-order valence-electron chi connectivity index (χ2n) is 4.68. The summed E-state index contributed by atoms with van der Waals surface area (Å²) in [7, 11) is 1.66. The lowest BCUT2D eigenvalue weighted by Crippen LogP contribution is -2.14. The fraction of sp³-hybridized carbons (Fsp3) is 0.500. The van der Waals surface area contributed by atoms with Crippen molar-refractivity contribution in [3.05, 3.63) is 29.3 Å². The fourth-order valence-electron chi connectivity index (χ4n) is 2.20. The average Bonchev–Trinajstić information content (AvgIpc) is 2.98. The van der Waals surface area contributed by atoms with E-state index in [0.29, 0.717) is 19.8 Å². The predicted molar refractivity (Wildman–Crippen MR) is 77.6 cm³/mol. The molecule has 108 valence electrons. The van der Waals surface area contributed by atoms with Crippen LogP contribution in [0, 0.1) is 11.8 Å². The minimum Gasteiger partial charge on any atom is -0.496 e. The third-order valence-corrected chi connectivity index (χ3v) is 3.20. The number of methoxy groups -OCH3 is 1. The van der Waals surface area contributed by atoms with Crippen molar-refractivity contribution in [3.63, 3.8) is 0 Å². The number of rotatable bonds is 5. The van der Waals surface area contributed by atoms with Crippen LogP contribution in [0.4, 0.5) is 0 Å². The van der Waals surface area contributed by atoms with Crippen LogP contribution in [-0.2, 0) is 16.1 Å². The molecule has 0 saturated carbocycles. The largest absolute Gasteiger partial charge is 0.496 e. The van der Waals surface area contributed by atoms with Gasteiger partial charge in [-0.3, -0.25) is 0 Å². The first-order chi connectivity index (χ1) is 9.83. The van der Waals surface area contributed by atoms with E-state index < -0.39 is 0 Å². The van der Waals surface area contributed by atoms with Crippen LogP contribution in [-0.4, -0.2) is 33.0 Å². The molecule has 4 nitrogen and oxygen atoms in total. The van der Waals surface area contributed by atoms with Crippen LogP contribution < -0.4 is 10.5 Å². The summed E-state index contributed by atoms with van der Waals surface area (Å²) in [4.78, 5) is 0. The Bertz CT molecular complexity index is 484. The molecule has 1 saturated heterocycles. The second-order valence-corrected chi connectivity index (χ2v) is 4.68. The number of hydrogen-bond acceptors (Lipinski definition) is 4. The predicted octanol–water partition coefficient (Wildman–Crippen LogP) is 1.70. The molecule has 2 N–H and O–H groups in total. The normalized spacial score (nSPS) is 17.6. The van der Waals surface area contributed by atoms with Gasteiger partial charge in [0.05, 0.1) is 33.0 Å². The molecule has 1 aromatic rings. The highest BCUT2D eigenvalue weighted by Crippen LogP contribution is 2.21. The molecule has 0 amide bonds. The zero-order chi connectivity index (χ0) is 14.2. The van der Waals surface area contributed by atoms with E-state index in [-0.39, 0.29) is 6.10 Å². The Labute approximate surface area is 120 Å². The van der Waals surface area contributed by atoms with E-state index in [1.54, 1.807) is 7.11 Å². The van der Waals surface area contributed by atoms with Gasteiger partial charge in [-0.1, -0.05) is 11.8 Å². The molecule has 0 bridgehead atoms. The zero-order valence-corrected chi connectivity index (χ0v) is 11.9. The van der Waals surface area contributed by atoms with Gasteiger partial charge < -0.3 is 19.9 Å². The van der Waals surface area contributed by atoms with Gasteiger partial charge in [-0.15, -0.1) is 0 Å². The molecular formula is C16H21NO3. The van der Waals surface area contributed by atoms with Crippen LogP contribution in [0.2, 0.25) is 0 Å². The number of benzene rings is 1. The summed E-state index contributed by atoms with van der Waals surface area (Å²) >= 11 is 0. The molecule has 0 aromatic heterocycles. The molecule has 1 heterocycles. The Kier molecular flexibility index (Phi) is 5.87. The second kappa shape index (κ2) is 7.91. The third kappa shape index (κ3) is 4.24. The van der Waals surface area contributed by atoms with E-state index in [1.807, 2.05) is 18.2 Å². The highest BCUT2D eigenvalue weighted by atomic mass is 16.5. The molecule has 0 radical (unpaired) electrons. The lowest BCUT2D eigenvalue weighted by molar-refractivity contribution is 0.0101. The smallest absolute Gasteiger partial charge is 0.124 e. The van der Waals surface area contributed by atoms with Crippen molar-refractivity contribution in [1.29, 1.82) is 0 Å². The summed E-state index contributed by atoms with van der Waals surface area (Å²) in [6.07, 6.45) is 2.45. The fourth-order valence-corrected chi connectivity index (χ4v) is 2.20. The Morgan fingerprint density at radius 3 is 3.05 bits per heavy atom. The molecule has 2 rings (SSSR count). The maximum atomic E-state index is 5.73. The van der Waals surface area contributed by atoms with E-state index in [2.05, 4.69) is 11.8 Å². The first kappa shape index (κ1) is 14.9. The van der Waals surface area contributed by atoms with Gasteiger partial charge >= 0.3 is 0 Å². The van der Waals surface area contributed by atoms with Crippen LogP contribution in [0.1, 0.15) is 24.0 Å². The van der Waals surface area contributed by atoms with Gasteiger partial charge in [0.1, 0.15) is 5.75 Å². The summed E-state index contributed by atoms with van der Waals surface area (Å²) in [6.45, 7) is 2.33. The van der Waals surface area contributed by atoms with E-state index >= 15 is 0 Å². The summed E-state index contributed by atoms with van der Waals surface area (Å²) < 4.78 is 16.6. The van der Waals surface area contributed by atoms with Crippen LogP contribution in [0.5, 0.6) is 5.75 Å². The monoisotopic (exact) mass is 275 g/mol. The van der Waals surface area contributed by atoms with Crippen molar-refractivity contribution >= 4 is 0 Å². The number of ether oxygens (including phenoxy) is 3. The van der Waals surface area contributed by atoms with E-state index in [1.165, 1.54) is 0 Å². The summed E-state index contributed by atoms with van der Waals surface area (Å²) in [5, 5.41) is 0. The summed E-state index contributed by atoms with van der Waals surface area (Å²) in [5.41, 5.74) is 7.30. The van der Waals surface area contributed by atoms with Gasteiger partial charge in [-0.25, -0.2) is 0 Å². The van der Waals surface area contributed by atoms with Crippen molar-refractivity contribution in [2.24, 2.45) is 5.73 Å². The first-order valence-corrected chi connectivity index (χ1v) is 6.88. The molecule has 20 heavy (non-hydrogen) atoms. The molecule has 1 aliphatic heterocycles. The zero-order valence-electron chi connectivity index (χ0n) is 11.9. The lowest BCUT2D eigenvalue weighted by Gasteiger charge is -2.12. The molecule has 0 aliphatic carbocycles. The lowest BCUT2D eigenvalue weighted by atomic mass is 10.1. The highest BCUT2D eigenvalue weighted by Gasteiger charge is 2.15. The maximum absolute atomic E-state index is 5.73. The van der Waals surface area contributed by atoms with Crippen molar-refractivity contribution in [1.82, 2.24) is 0 Å². The Morgan fingerprint density at radius 1 is 1.45 bits per heavy atom. The first-order valence-electron chi connectivity index (χ1n) is 6.88. The molecule has 1 aromatic carbocycles. The Morgan fingerprint density at radius 2 is 2.35 bits per heavy atom. The van der Waals surface area contributed by atoms with Crippen LogP contribution in [0.25, 0.3) is 0 Å². The van der Waals surface area contributed by atoms with Crippen molar-refractivity contribution < 1.29 is 14.2 Å². The van der Waals surface area contributed by atoms with Gasteiger partial charge in [-0.05, 0) is 31.0 Å².